The van der Waals surface area contributed by atoms with Gasteiger partial charge >= 0.3 is 5.97 Å². The summed E-state index contributed by atoms with van der Waals surface area (Å²) in [6.07, 6.45) is 0.708. The van der Waals surface area contributed by atoms with Crippen molar-refractivity contribution in [2.24, 2.45) is 5.92 Å². The van der Waals surface area contributed by atoms with E-state index < -0.39 is 16.0 Å². The van der Waals surface area contributed by atoms with Gasteiger partial charge in [0.1, 0.15) is 0 Å². The fourth-order valence-electron chi connectivity index (χ4n) is 3.29. The van der Waals surface area contributed by atoms with E-state index >= 15 is 0 Å². The number of halogens is 2. The Morgan fingerprint density at radius 2 is 1.73 bits per heavy atom. The average molecular weight is 471 g/mol. The summed E-state index contributed by atoms with van der Waals surface area (Å²) < 4.78 is 32.1. The Hall–Kier alpha value is -2.13. The van der Waals surface area contributed by atoms with E-state index in [4.69, 9.17) is 23.2 Å². The summed E-state index contributed by atoms with van der Waals surface area (Å²) in [6.45, 7) is 0.328. The highest BCUT2D eigenvalue weighted by Crippen LogP contribution is 2.28. The fraction of sp³-hybridized carbons (Fsp3) is 0.300. The second-order valence-corrected chi connectivity index (χ2v) is 9.50. The zero-order valence-corrected chi connectivity index (χ0v) is 18.4. The largest absolute Gasteiger partial charge is 0.465 e. The topological polar surface area (TPSA) is 92.8 Å². The van der Waals surface area contributed by atoms with Crippen molar-refractivity contribution >= 4 is 50.8 Å². The van der Waals surface area contributed by atoms with Crippen molar-refractivity contribution in [3.05, 3.63) is 58.1 Å². The van der Waals surface area contributed by atoms with E-state index in [0.29, 0.717) is 28.6 Å². The highest BCUT2D eigenvalue weighted by Gasteiger charge is 2.34. The van der Waals surface area contributed by atoms with Crippen molar-refractivity contribution in [1.82, 2.24) is 4.31 Å². The van der Waals surface area contributed by atoms with Crippen LogP contribution in [-0.4, -0.2) is 44.8 Å². The van der Waals surface area contributed by atoms with Gasteiger partial charge in [0.2, 0.25) is 15.9 Å². The second kappa shape index (κ2) is 9.34. The fourth-order valence-corrected chi connectivity index (χ4v) is 5.23. The molecule has 0 bridgehead atoms. The Balaban J connectivity index is 1.68. The molecule has 1 heterocycles. The highest BCUT2D eigenvalue weighted by atomic mass is 35.5. The van der Waals surface area contributed by atoms with Gasteiger partial charge in [-0.05, 0) is 43.2 Å². The lowest BCUT2D eigenvalue weighted by Crippen LogP contribution is -2.41. The molecule has 10 heteroatoms. The van der Waals surface area contributed by atoms with E-state index in [0.717, 1.165) is 0 Å². The number of rotatable bonds is 5. The summed E-state index contributed by atoms with van der Waals surface area (Å²) in [5.74, 6) is -1.27. The molecule has 1 aliphatic heterocycles. The number of carbonyl (C=O) groups is 2. The minimum absolute atomic E-state index is 0.0144. The molecule has 2 aromatic carbocycles. The van der Waals surface area contributed by atoms with Crippen molar-refractivity contribution in [2.75, 3.05) is 25.5 Å². The van der Waals surface area contributed by atoms with E-state index in [1.807, 2.05) is 0 Å². The van der Waals surface area contributed by atoms with Crippen LogP contribution < -0.4 is 5.32 Å². The molecule has 0 radical (unpaired) electrons. The van der Waals surface area contributed by atoms with Gasteiger partial charge in [-0.1, -0.05) is 35.3 Å². The number of piperidine rings is 1. The number of methoxy groups -OCH3 is 1. The Morgan fingerprint density at radius 1 is 1.07 bits per heavy atom. The number of ether oxygens (including phenoxy) is 1. The van der Waals surface area contributed by atoms with Crippen molar-refractivity contribution in [3.63, 3.8) is 0 Å². The van der Waals surface area contributed by atoms with Crippen molar-refractivity contribution in [1.29, 1.82) is 0 Å². The molecule has 0 unspecified atom stereocenters. The maximum absolute atomic E-state index is 13.1. The summed E-state index contributed by atoms with van der Waals surface area (Å²) in [7, 11) is -2.70. The molecule has 1 aliphatic rings. The van der Waals surface area contributed by atoms with Crippen molar-refractivity contribution < 1.29 is 22.7 Å². The molecule has 1 saturated heterocycles. The van der Waals surface area contributed by atoms with Gasteiger partial charge in [-0.3, -0.25) is 4.79 Å². The summed E-state index contributed by atoms with van der Waals surface area (Å²) >= 11 is 11.8. The van der Waals surface area contributed by atoms with Crippen LogP contribution in [0.2, 0.25) is 10.0 Å². The third-order valence-corrected chi connectivity index (χ3v) is 7.62. The number of hydrogen-bond acceptors (Lipinski definition) is 5. The van der Waals surface area contributed by atoms with Crippen LogP contribution in [0.15, 0.2) is 47.4 Å². The average Bonchev–Trinajstić information content (AvgIpc) is 2.75. The van der Waals surface area contributed by atoms with Crippen LogP contribution in [-0.2, 0) is 19.6 Å². The lowest BCUT2D eigenvalue weighted by atomic mass is 9.97. The summed E-state index contributed by atoms with van der Waals surface area (Å²) in [5.41, 5.74) is 0.510. The van der Waals surface area contributed by atoms with E-state index in [1.165, 1.54) is 23.5 Å². The molecule has 0 aromatic heterocycles. The third-order valence-electron chi connectivity index (χ3n) is 4.92. The first kappa shape index (κ1) is 22.6. The van der Waals surface area contributed by atoms with E-state index in [2.05, 4.69) is 10.1 Å². The maximum atomic E-state index is 13.1. The van der Waals surface area contributed by atoms with Gasteiger partial charge in [0.15, 0.2) is 0 Å². The minimum atomic E-state index is -3.90. The summed E-state index contributed by atoms with van der Waals surface area (Å²) in [6, 6.07) is 10.7. The van der Waals surface area contributed by atoms with Gasteiger partial charge < -0.3 is 10.1 Å². The summed E-state index contributed by atoms with van der Waals surface area (Å²) in [5, 5.41) is 3.51. The number of nitrogens with one attached hydrogen (secondary N) is 1. The number of carbonyl (C=O) groups excluding carboxylic acids is 2. The molecular formula is C20H20Cl2N2O5S. The molecule has 3 rings (SSSR count). The Bertz CT molecular complexity index is 1070. The quantitative estimate of drug-likeness (QED) is 0.670. The zero-order valence-electron chi connectivity index (χ0n) is 16.1. The lowest BCUT2D eigenvalue weighted by Gasteiger charge is -2.31. The van der Waals surface area contributed by atoms with Crippen LogP contribution in [0.5, 0.6) is 0 Å². The van der Waals surface area contributed by atoms with E-state index in [-0.39, 0.29) is 35.4 Å². The number of amides is 1. The first-order chi connectivity index (χ1) is 14.2. The molecule has 0 spiro atoms. The van der Waals surface area contributed by atoms with E-state index in [1.54, 1.807) is 30.3 Å². The van der Waals surface area contributed by atoms with Gasteiger partial charge in [-0.25, -0.2) is 13.2 Å². The van der Waals surface area contributed by atoms with Crippen LogP contribution in [0.3, 0.4) is 0 Å². The maximum Gasteiger partial charge on any atom is 0.339 e. The van der Waals surface area contributed by atoms with Crippen LogP contribution >= 0.6 is 23.2 Å². The molecule has 160 valence electrons. The van der Waals surface area contributed by atoms with Crippen molar-refractivity contribution in [3.8, 4) is 0 Å². The predicted molar refractivity (Wildman–Crippen MR) is 114 cm³/mol. The molecule has 0 aliphatic carbocycles. The Labute approximate surface area is 185 Å². The molecule has 0 atom stereocenters. The zero-order chi connectivity index (χ0) is 21.9. The molecule has 1 fully saturated rings. The van der Waals surface area contributed by atoms with Gasteiger partial charge in [0.25, 0.3) is 0 Å². The molecule has 1 N–H and O–H groups in total. The van der Waals surface area contributed by atoms with Gasteiger partial charge in [0, 0.05) is 24.7 Å². The van der Waals surface area contributed by atoms with Gasteiger partial charge in [-0.2, -0.15) is 4.31 Å². The molecular weight excluding hydrogens is 451 g/mol. The number of sulfonamides is 1. The number of anilines is 1. The molecule has 1 amide bonds. The Kier molecular flexibility index (Phi) is 7.02. The predicted octanol–water partition coefficient (Wildman–Crippen LogP) is 3.82. The number of benzene rings is 2. The molecule has 2 aromatic rings. The van der Waals surface area contributed by atoms with Crippen LogP contribution in [0, 0.1) is 5.92 Å². The smallest absolute Gasteiger partial charge is 0.339 e. The first-order valence-electron chi connectivity index (χ1n) is 9.17. The Morgan fingerprint density at radius 3 is 2.37 bits per heavy atom. The minimum Gasteiger partial charge on any atom is -0.465 e. The normalized spacial score (nSPS) is 15.6. The third kappa shape index (κ3) is 4.78. The molecule has 0 saturated carbocycles. The lowest BCUT2D eigenvalue weighted by molar-refractivity contribution is -0.120. The second-order valence-electron chi connectivity index (χ2n) is 6.78. The number of hydrogen-bond donors (Lipinski definition) is 1. The van der Waals surface area contributed by atoms with Gasteiger partial charge in [0.05, 0.1) is 27.6 Å². The summed E-state index contributed by atoms with van der Waals surface area (Å²) in [4.78, 5) is 24.4. The van der Waals surface area contributed by atoms with Gasteiger partial charge in [-0.15, -0.1) is 0 Å². The number of nitrogens with zero attached hydrogens (tertiary/aromatic N) is 1. The van der Waals surface area contributed by atoms with Crippen LogP contribution in [0.4, 0.5) is 5.69 Å². The van der Waals surface area contributed by atoms with Crippen LogP contribution in [0.1, 0.15) is 23.2 Å². The highest BCUT2D eigenvalue weighted by molar-refractivity contribution is 7.89. The standard InChI is InChI=1S/C20H20Cl2N2O5S/c1-29-20(26)15-4-2-3-5-18(15)30(27,28)24-10-8-13(9-11-24)19(25)23-14-6-7-16(21)17(22)12-14/h2-7,12-13H,8-11H2,1H3,(H,23,25). The number of esters is 1. The molecule has 7 nitrogen and oxygen atoms in total. The molecule has 30 heavy (non-hydrogen) atoms. The van der Waals surface area contributed by atoms with E-state index in [9.17, 15) is 18.0 Å². The van der Waals surface area contributed by atoms with Crippen LogP contribution in [0.25, 0.3) is 0 Å². The van der Waals surface area contributed by atoms with Crippen molar-refractivity contribution in [2.45, 2.75) is 17.7 Å². The first-order valence-corrected chi connectivity index (χ1v) is 11.4. The SMILES string of the molecule is COC(=O)c1ccccc1S(=O)(=O)N1CCC(C(=O)Nc2ccc(Cl)c(Cl)c2)CC1. The monoisotopic (exact) mass is 470 g/mol.